The number of phenolic OH excluding ortho intramolecular Hbond substituents is 1. The highest BCUT2D eigenvalue weighted by molar-refractivity contribution is 9.10. The number of benzene rings is 2. The fourth-order valence-corrected chi connectivity index (χ4v) is 2.66. The number of aryl methyl sites for hydroxylation is 3. The SMILES string of the molecule is Cc1cc(Br)c(O)c(C(=O)NNC(=O)COc2ccc(C)c(C)c2)c1. The fraction of sp³-hybridized carbons (Fsp3) is 0.222. The van der Waals surface area contributed by atoms with E-state index in [2.05, 4.69) is 26.8 Å². The molecule has 0 spiro atoms. The summed E-state index contributed by atoms with van der Waals surface area (Å²) >= 11 is 3.17. The lowest BCUT2D eigenvalue weighted by molar-refractivity contribution is -0.123. The van der Waals surface area contributed by atoms with E-state index < -0.39 is 11.8 Å². The summed E-state index contributed by atoms with van der Waals surface area (Å²) in [5.41, 5.74) is 7.55. The number of amides is 2. The van der Waals surface area contributed by atoms with E-state index in [0.29, 0.717) is 10.2 Å². The minimum absolute atomic E-state index is 0.0576. The molecule has 0 aliphatic heterocycles. The first-order chi connectivity index (χ1) is 11.8. The standard InChI is InChI=1S/C18H19BrN2O4/c1-10-6-14(17(23)15(19)7-10)18(24)21-20-16(22)9-25-13-5-4-11(2)12(3)8-13/h4-8,23H,9H2,1-3H3,(H,20,22)(H,21,24). The van der Waals surface area contributed by atoms with Gasteiger partial charge in [-0.25, -0.2) is 0 Å². The van der Waals surface area contributed by atoms with Crippen LogP contribution in [0.5, 0.6) is 11.5 Å². The quantitative estimate of drug-likeness (QED) is 0.681. The van der Waals surface area contributed by atoms with Crippen molar-refractivity contribution in [3.8, 4) is 11.5 Å². The van der Waals surface area contributed by atoms with Gasteiger partial charge in [0.05, 0.1) is 10.0 Å². The number of carbonyl (C=O) groups is 2. The highest BCUT2D eigenvalue weighted by atomic mass is 79.9. The minimum Gasteiger partial charge on any atom is -0.506 e. The van der Waals surface area contributed by atoms with Crippen LogP contribution in [0, 0.1) is 20.8 Å². The Kier molecular flexibility index (Phi) is 6.03. The van der Waals surface area contributed by atoms with Gasteiger partial charge in [0.1, 0.15) is 11.5 Å². The zero-order valence-corrected chi connectivity index (χ0v) is 15.7. The molecule has 0 unspecified atom stereocenters. The molecule has 2 aromatic rings. The van der Waals surface area contributed by atoms with Crippen LogP contribution in [0.4, 0.5) is 0 Å². The van der Waals surface area contributed by atoms with Crippen LogP contribution in [-0.4, -0.2) is 23.5 Å². The first-order valence-corrected chi connectivity index (χ1v) is 8.35. The number of rotatable bonds is 4. The molecule has 2 amide bonds. The van der Waals surface area contributed by atoms with Crippen LogP contribution in [0.2, 0.25) is 0 Å². The molecule has 0 radical (unpaired) electrons. The highest BCUT2D eigenvalue weighted by Gasteiger charge is 2.15. The highest BCUT2D eigenvalue weighted by Crippen LogP contribution is 2.29. The molecule has 0 fully saturated rings. The number of phenols is 1. The molecule has 0 heterocycles. The lowest BCUT2D eigenvalue weighted by Gasteiger charge is -2.11. The molecule has 0 aromatic heterocycles. The minimum atomic E-state index is -0.624. The van der Waals surface area contributed by atoms with Gasteiger partial charge in [-0.1, -0.05) is 6.07 Å². The van der Waals surface area contributed by atoms with Gasteiger partial charge in [0.15, 0.2) is 6.61 Å². The first-order valence-electron chi connectivity index (χ1n) is 7.56. The van der Waals surface area contributed by atoms with Gasteiger partial charge in [-0.15, -0.1) is 0 Å². The lowest BCUT2D eigenvalue weighted by Crippen LogP contribution is -2.43. The van der Waals surface area contributed by atoms with E-state index in [0.717, 1.165) is 16.7 Å². The van der Waals surface area contributed by atoms with Crippen molar-refractivity contribution in [2.24, 2.45) is 0 Å². The van der Waals surface area contributed by atoms with Gasteiger partial charge in [0.2, 0.25) is 0 Å². The normalized spacial score (nSPS) is 10.2. The van der Waals surface area contributed by atoms with Gasteiger partial charge in [0, 0.05) is 0 Å². The Labute approximate surface area is 154 Å². The monoisotopic (exact) mass is 406 g/mol. The predicted molar refractivity (Wildman–Crippen MR) is 97.6 cm³/mol. The molecule has 2 aromatic carbocycles. The molecule has 2 rings (SSSR count). The summed E-state index contributed by atoms with van der Waals surface area (Å²) in [6.07, 6.45) is 0. The molecule has 0 bridgehead atoms. The average molecular weight is 407 g/mol. The molecule has 0 saturated heterocycles. The van der Waals surface area contributed by atoms with Crippen LogP contribution < -0.4 is 15.6 Å². The third kappa shape index (κ3) is 4.96. The smallest absolute Gasteiger partial charge is 0.276 e. The Hall–Kier alpha value is -2.54. The summed E-state index contributed by atoms with van der Waals surface area (Å²) in [5.74, 6) is -0.757. The number of ether oxygens (including phenoxy) is 1. The summed E-state index contributed by atoms with van der Waals surface area (Å²) in [6.45, 7) is 5.48. The molecule has 7 heteroatoms. The van der Waals surface area contributed by atoms with Crippen LogP contribution in [-0.2, 0) is 4.79 Å². The Balaban J connectivity index is 1.89. The Morgan fingerprint density at radius 3 is 2.48 bits per heavy atom. The number of hydrogen-bond donors (Lipinski definition) is 3. The summed E-state index contributed by atoms with van der Waals surface area (Å²) in [6, 6.07) is 8.72. The second kappa shape index (κ2) is 8.02. The Morgan fingerprint density at radius 1 is 1.08 bits per heavy atom. The van der Waals surface area contributed by atoms with Gasteiger partial charge in [-0.2, -0.15) is 0 Å². The van der Waals surface area contributed by atoms with Crippen LogP contribution in [0.25, 0.3) is 0 Å². The van der Waals surface area contributed by atoms with E-state index in [9.17, 15) is 14.7 Å². The molecule has 0 aliphatic rings. The van der Waals surface area contributed by atoms with E-state index in [1.807, 2.05) is 26.0 Å². The van der Waals surface area contributed by atoms with E-state index in [-0.39, 0.29) is 17.9 Å². The number of halogens is 1. The maximum Gasteiger partial charge on any atom is 0.276 e. The summed E-state index contributed by atoms with van der Waals surface area (Å²) in [4.78, 5) is 23.9. The van der Waals surface area contributed by atoms with Crippen molar-refractivity contribution in [1.82, 2.24) is 10.9 Å². The molecule has 0 saturated carbocycles. The van der Waals surface area contributed by atoms with Crippen LogP contribution in [0.15, 0.2) is 34.8 Å². The van der Waals surface area contributed by atoms with Gasteiger partial charge < -0.3 is 9.84 Å². The lowest BCUT2D eigenvalue weighted by atomic mass is 10.1. The van der Waals surface area contributed by atoms with Crippen molar-refractivity contribution in [2.75, 3.05) is 6.61 Å². The molecule has 0 atom stereocenters. The number of hydrogen-bond acceptors (Lipinski definition) is 4. The molecule has 25 heavy (non-hydrogen) atoms. The third-order valence-corrected chi connectivity index (χ3v) is 4.22. The number of nitrogens with one attached hydrogen (secondary N) is 2. The van der Waals surface area contributed by atoms with Gasteiger partial charge in [-0.3, -0.25) is 20.4 Å². The molecule has 6 nitrogen and oxygen atoms in total. The summed E-state index contributed by atoms with van der Waals surface area (Å²) in [5, 5.41) is 9.91. The van der Waals surface area contributed by atoms with E-state index in [1.54, 1.807) is 19.1 Å². The fourth-order valence-electron chi connectivity index (χ4n) is 2.09. The van der Waals surface area contributed by atoms with Crippen molar-refractivity contribution in [3.63, 3.8) is 0 Å². The van der Waals surface area contributed by atoms with Crippen molar-refractivity contribution < 1.29 is 19.4 Å². The van der Waals surface area contributed by atoms with Crippen molar-refractivity contribution in [1.29, 1.82) is 0 Å². The Morgan fingerprint density at radius 2 is 1.80 bits per heavy atom. The van der Waals surface area contributed by atoms with E-state index in [1.165, 1.54) is 6.07 Å². The molecular weight excluding hydrogens is 388 g/mol. The maximum absolute atomic E-state index is 12.1. The summed E-state index contributed by atoms with van der Waals surface area (Å²) in [7, 11) is 0. The second-order valence-corrected chi connectivity index (χ2v) is 6.53. The number of hydrazine groups is 1. The largest absolute Gasteiger partial charge is 0.506 e. The number of carbonyl (C=O) groups excluding carboxylic acids is 2. The molecule has 0 aliphatic carbocycles. The van der Waals surface area contributed by atoms with Gasteiger partial charge in [0.25, 0.3) is 11.8 Å². The van der Waals surface area contributed by atoms with Crippen LogP contribution in [0.3, 0.4) is 0 Å². The number of aromatic hydroxyl groups is 1. The van der Waals surface area contributed by atoms with Gasteiger partial charge >= 0.3 is 0 Å². The zero-order valence-electron chi connectivity index (χ0n) is 14.1. The second-order valence-electron chi connectivity index (χ2n) is 5.68. The third-order valence-electron chi connectivity index (χ3n) is 3.62. The van der Waals surface area contributed by atoms with Crippen molar-refractivity contribution in [3.05, 3.63) is 57.1 Å². The average Bonchev–Trinajstić information content (AvgIpc) is 2.57. The molecule has 132 valence electrons. The van der Waals surface area contributed by atoms with Crippen LogP contribution >= 0.6 is 15.9 Å². The van der Waals surface area contributed by atoms with Crippen molar-refractivity contribution >= 4 is 27.7 Å². The maximum atomic E-state index is 12.1. The van der Waals surface area contributed by atoms with E-state index >= 15 is 0 Å². The molecular formula is C18H19BrN2O4. The van der Waals surface area contributed by atoms with Crippen molar-refractivity contribution in [2.45, 2.75) is 20.8 Å². The topological polar surface area (TPSA) is 87.7 Å². The predicted octanol–water partition coefficient (Wildman–Crippen LogP) is 2.92. The van der Waals surface area contributed by atoms with Gasteiger partial charge in [-0.05, 0) is 77.7 Å². The van der Waals surface area contributed by atoms with E-state index in [4.69, 9.17) is 4.74 Å². The summed E-state index contributed by atoms with van der Waals surface area (Å²) < 4.78 is 5.79. The Bertz CT molecular complexity index is 821. The first kappa shape index (κ1) is 18.8. The van der Waals surface area contributed by atoms with Crippen LogP contribution in [0.1, 0.15) is 27.0 Å². The zero-order chi connectivity index (χ0) is 18.6. The molecule has 3 N–H and O–H groups in total.